The number of rotatable bonds is 14. The van der Waals surface area contributed by atoms with Gasteiger partial charge in [0.2, 0.25) is 21.8 Å². The van der Waals surface area contributed by atoms with Crippen molar-refractivity contribution in [2.45, 2.75) is 45.3 Å². The van der Waals surface area contributed by atoms with Gasteiger partial charge >= 0.3 is 0 Å². The number of anilines is 1. The Kier molecular flexibility index (Phi) is 11.5. The first kappa shape index (κ1) is 33.3. The number of non-ortho nitro benzene ring substituents is 1. The smallest absolute Gasteiger partial charge is 0.271 e. The van der Waals surface area contributed by atoms with Gasteiger partial charge in [-0.1, -0.05) is 61.0 Å². The van der Waals surface area contributed by atoms with Crippen molar-refractivity contribution in [3.63, 3.8) is 0 Å². The molecule has 11 nitrogen and oxygen atoms in total. The summed E-state index contributed by atoms with van der Waals surface area (Å²) >= 11 is 6.23. The Labute approximate surface area is 256 Å². The van der Waals surface area contributed by atoms with Crippen LogP contribution in [0.1, 0.15) is 31.4 Å². The molecule has 0 aromatic heterocycles. The van der Waals surface area contributed by atoms with Crippen LogP contribution in [0.3, 0.4) is 0 Å². The lowest BCUT2D eigenvalue weighted by molar-refractivity contribution is -0.384. The Morgan fingerprint density at radius 2 is 1.72 bits per heavy atom. The van der Waals surface area contributed by atoms with Crippen LogP contribution >= 0.6 is 11.6 Å². The first-order valence-electron chi connectivity index (χ1n) is 13.5. The summed E-state index contributed by atoms with van der Waals surface area (Å²) in [6.07, 6.45) is 1.69. The maximum Gasteiger partial charge on any atom is 0.271 e. The van der Waals surface area contributed by atoms with Gasteiger partial charge in [-0.25, -0.2) is 8.42 Å². The Morgan fingerprint density at radius 3 is 2.30 bits per heavy atom. The Morgan fingerprint density at radius 1 is 1.05 bits per heavy atom. The molecule has 3 aromatic rings. The van der Waals surface area contributed by atoms with E-state index in [1.807, 2.05) is 44.2 Å². The van der Waals surface area contributed by atoms with Gasteiger partial charge < -0.3 is 15.0 Å². The normalized spacial score (nSPS) is 12.6. The molecule has 0 fully saturated rings. The third-order valence-corrected chi connectivity index (χ3v) is 8.20. The van der Waals surface area contributed by atoms with Crippen molar-refractivity contribution in [3.05, 3.63) is 99.1 Å². The molecule has 2 atom stereocenters. The van der Waals surface area contributed by atoms with Gasteiger partial charge in [0.15, 0.2) is 0 Å². The molecule has 3 rings (SSSR count). The molecule has 0 saturated heterocycles. The van der Waals surface area contributed by atoms with E-state index in [4.69, 9.17) is 16.3 Å². The summed E-state index contributed by atoms with van der Waals surface area (Å²) in [7, 11) is -2.88. The van der Waals surface area contributed by atoms with Gasteiger partial charge in [-0.05, 0) is 42.7 Å². The Hall–Kier alpha value is -4.16. The maximum atomic E-state index is 14.2. The summed E-state index contributed by atoms with van der Waals surface area (Å²) in [4.78, 5) is 40.1. The number of nitrogens with zero attached hydrogens (tertiary/aromatic N) is 3. The van der Waals surface area contributed by atoms with E-state index in [9.17, 15) is 28.1 Å². The van der Waals surface area contributed by atoms with Crippen molar-refractivity contribution in [1.29, 1.82) is 0 Å². The highest BCUT2D eigenvalue weighted by Gasteiger charge is 2.34. The van der Waals surface area contributed by atoms with Gasteiger partial charge in [-0.3, -0.25) is 24.0 Å². The molecule has 0 radical (unpaired) electrons. The maximum absolute atomic E-state index is 14.2. The number of carbonyl (C=O) groups excluding carboxylic acids is 2. The van der Waals surface area contributed by atoms with Gasteiger partial charge in [0.05, 0.1) is 18.3 Å². The Balaban J connectivity index is 2.13. The predicted octanol–water partition coefficient (Wildman–Crippen LogP) is 4.58. The monoisotopic (exact) mass is 630 g/mol. The number of nitro benzene ring substituents is 1. The van der Waals surface area contributed by atoms with Gasteiger partial charge in [0.1, 0.15) is 24.0 Å². The SMILES string of the molecule is CCC(C)NC(=O)C(Cc1ccccc1)N(Cc1cccc(Cl)c1)C(=O)CN(c1cc([N+](=O)[O-])ccc1OC)S(C)(=O)=O. The molecule has 230 valence electrons. The third-order valence-electron chi connectivity index (χ3n) is 6.84. The number of hydrogen-bond acceptors (Lipinski definition) is 7. The zero-order valence-electron chi connectivity index (χ0n) is 24.4. The largest absolute Gasteiger partial charge is 0.495 e. The summed E-state index contributed by atoms with van der Waals surface area (Å²) in [5, 5.41) is 14.9. The van der Waals surface area contributed by atoms with Gasteiger partial charge in [0, 0.05) is 36.2 Å². The highest BCUT2D eigenvalue weighted by Crippen LogP contribution is 2.34. The standard InChI is InChI=1S/C30H35ClN4O7S/c1-5-21(2)32-30(37)27(17-22-10-7-6-8-11-22)33(19-23-12-9-13-24(31)16-23)29(36)20-34(43(4,40)41)26-18-25(35(38)39)14-15-28(26)42-3/h6-16,18,21,27H,5,17,19-20H2,1-4H3,(H,32,37). The second-order valence-corrected chi connectivity index (χ2v) is 12.4. The minimum absolute atomic E-state index is 0.0144. The van der Waals surface area contributed by atoms with Crippen molar-refractivity contribution >= 4 is 44.8 Å². The average molecular weight is 631 g/mol. The van der Waals surface area contributed by atoms with Crippen molar-refractivity contribution in [1.82, 2.24) is 10.2 Å². The minimum Gasteiger partial charge on any atom is -0.495 e. The first-order chi connectivity index (χ1) is 20.3. The van der Waals surface area contributed by atoms with E-state index in [0.717, 1.165) is 22.2 Å². The van der Waals surface area contributed by atoms with E-state index in [0.29, 0.717) is 17.0 Å². The van der Waals surface area contributed by atoms with Crippen molar-refractivity contribution in [2.24, 2.45) is 0 Å². The number of methoxy groups -OCH3 is 1. The molecule has 43 heavy (non-hydrogen) atoms. The highest BCUT2D eigenvalue weighted by molar-refractivity contribution is 7.92. The number of nitrogens with one attached hydrogen (secondary N) is 1. The van der Waals surface area contributed by atoms with Crippen LogP contribution < -0.4 is 14.4 Å². The summed E-state index contributed by atoms with van der Waals surface area (Å²) < 4.78 is 32.2. The van der Waals surface area contributed by atoms with Gasteiger partial charge in [-0.15, -0.1) is 0 Å². The molecule has 0 aliphatic carbocycles. The third kappa shape index (κ3) is 9.16. The molecule has 1 N–H and O–H groups in total. The lowest BCUT2D eigenvalue weighted by atomic mass is 10.0. The topological polar surface area (TPSA) is 139 Å². The fourth-order valence-electron chi connectivity index (χ4n) is 4.41. The van der Waals surface area contributed by atoms with Crippen LogP contribution in [0.15, 0.2) is 72.8 Å². The first-order valence-corrected chi connectivity index (χ1v) is 15.7. The van der Waals surface area contributed by atoms with Crippen molar-refractivity contribution in [2.75, 3.05) is 24.2 Å². The molecule has 3 aromatic carbocycles. The molecular weight excluding hydrogens is 596 g/mol. The molecular formula is C30H35ClN4O7S. The van der Waals surface area contributed by atoms with E-state index in [1.165, 1.54) is 24.1 Å². The van der Waals surface area contributed by atoms with E-state index < -0.39 is 39.3 Å². The molecule has 0 saturated carbocycles. The van der Waals surface area contributed by atoms with Crippen LogP contribution in [0, 0.1) is 10.1 Å². The zero-order valence-corrected chi connectivity index (χ0v) is 26.0. The number of ether oxygens (including phenoxy) is 1. The van der Waals surface area contributed by atoms with E-state index in [2.05, 4.69) is 5.32 Å². The van der Waals surface area contributed by atoms with Crippen molar-refractivity contribution < 1.29 is 27.7 Å². The molecule has 13 heteroatoms. The van der Waals surface area contributed by atoms with Crippen molar-refractivity contribution in [3.8, 4) is 5.75 Å². The number of benzene rings is 3. The van der Waals surface area contributed by atoms with E-state index in [-0.39, 0.29) is 36.1 Å². The quantitative estimate of drug-likeness (QED) is 0.203. The molecule has 0 bridgehead atoms. The van der Waals surface area contributed by atoms with Crippen LogP contribution in [-0.2, 0) is 32.6 Å². The number of carbonyl (C=O) groups is 2. The zero-order chi connectivity index (χ0) is 31.7. The predicted molar refractivity (Wildman–Crippen MR) is 166 cm³/mol. The second kappa shape index (κ2) is 14.8. The number of sulfonamides is 1. The van der Waals surface area contributed by atoms with Gasteiger partial charge in [0.25, 0.3) is 5.69 Å². The Bertz CT molecular complexity index is 1550. The van der Waals surface area contributed by atoms with E-state index in [1.54, 1.807) is 24.3 Å². The van der Waals surface area contributed by atoms with Crippen LogP contribution in [0.5, 0.6) is 5.75 Å². The lowest BCUT2D eigenvalue weighted by Gasteiger charge is -2.34. The van der Waals surface area contributed by atoms with E-state index >= 15 is 0 Å². The summed E-state index contributed by atoms with van der Waals surface area (Å²) in [5.74, 6) is -1.10. The number of amides is 2. The number of hydrogen-bond donors (Lipinski definition) is 1. The van der Waals surface area contributed by atoms with Crippen LogP contribution in [-0.4, -0.2) is 62.0 Å². The lowest BCUT2D eigenvalue weighted by Crippen LogP contribution is -2.54. The summed E-state index contributed by atoms with van der Waals surface area (Å²) in [6.45, 7) is 2.95. The average Bonchev–Trinajstić information content (AvgIpc) is 2.97. The summed E-state index contributed by atoms with van der Waals surface area (Å²) in [6, 6.07) is 18.2. The molecule has 0 aliphatic rings. The highest BCUT2D eigenvalue weighted by atomic mass is 35.5. The number of nitro groups is 1. The molecule has 2 amide bonds. The molecule has 2 unspecified atom stereocenters. The number of halogens is 1. The molecule has 0 spiro atoms. The minimum atomic E-state index is -4.17. The molecule has 0 heterocycles. The second-order valence-electron chi connectivity index (χ2n) is 10.1. The fourth-order valence-corrected chi connectivity index (χ4v) is 5.47. The van der Waals surface area contributed by atoms with Crippen LogP contribution in [0.2, 0.25) is 5.02 Å². The molecule has 0 aliphatic heterocycles. The summed E-state index contributed by atoms with van der Waals surface area (Å²) in [5.41, 5.74) is 0.839. The van der Waals surface area contributed by atoms with Crippen LogP contribution in [0.4, 0.5) is 11.4 Å². The fraction of sp³-hybridized carbons (Fsp3) is 0.333. The van der Waals surface area contributed by atoms with Crippen LogP contribution in [0.25, 0.3) is 0 Å². The van der Waals surface area contributed by atoms with Gasteiger partial charge in [-0.2, -0.15) is 0 Å².